The largest absolute Gasteiger partial charge is 0.478 e. The summed E-state index contributed by atoms with van der Waals surface area (Å²) in [6, 6.07) is 5.46. The standard InChI is InChI=1S/C26H32N8O10S2/c1-26(2)21(23(36)34(26)44-46(39,40)41)30-22(35)20(18-14-45-25(28)29-18)31-42-13-19(24(37)38)43-17-7-5-15(6-8-17)16-11-32(3)33(12-16)10-4-9-27/h5-8,11-12,14,19,21H,4,9-10,13,27H2,1-3H3,(H4-,28,29,30,35,37,38,39,40,41)/p+1. The maximum absolute atomic E-state index is 13.2. The summed E-state index contributed by atoms with van der Waals surface area (Å²) in [5, 5.41) is 17.7. The number of nitrogens with zero attached hydrogens (tertiary/aromatic N) is 5. The van der Waals surface area contributed by atoms with Crippen LogP contribution in [0.15, 0.2) is 47.2 Å². The van der Waals surface area contributed by atoms with Gasteiger partial charge in [-0.25, -0.2) is 9.78 Å². The molecule has 20 heteroatoms. The zero-order valence-electron chi connectivity index (χ0n) is 24.9. The number of hydrogen-bond donors (Lipinski definition) is 5. The number of anilines is 1. The number of nitrogen functional groups attached to an aromatic ring is 1. The van der Waals surface area contributed by atoms with Crippen LogP contribution in [0.3, 0.4) is 0 Å². The predicted molar refractivity (Wildman–Crippen MR) is 161 cm³/mol. The van der Waals surface area contributed by atoms with Gasteiger partial charge in [0.2, 0.25) is 12.3 Å². The summed E-state index contributed by atoms with van der Waals surface area (Å²) in [6.45, 7) is 3.46. The van der Waals surface area contributed by atoms with Gasteiger partial charge in [-0.05, 0) is 44.5 Å². The highest BCUT2D eigenvalue weighted by Gasteiger charge is 2.58. The van der Waals surface area contributed by atoms with E-state index in [0.717, 1.165) is 35.4 Å². The van der Waals surface area contributed by atoms with Crippen molar-refractivity contribution in [1.29, 1.82) is 0 Å². The number of aliphatic carboxylic acids is 1. The normalized spacial score (nSPS) is 16.9. The number of carbonyl (C=O) groups excluding carboxylic acids is 2. The lowest BCUT2D eigenvalue weighted by atomic mass is 9.84. The Morgan fingerprint density at radius 1 is 1.26 bits per heavy atom. The van der Waals surface area contributed by atoms with E-state index in [2.05, 4.69) is 19.7 Å². The SMILES string of the molecule is C[n+]1cc(-c2ccc(OC(CON=C(C(=O)NC3C(=O)N(OS(=O)(=O)O)C3(C)C)c3csc(N)n3)C(=O)O)cc2)cn1CCCN. The summed E-state index contributed by atoms with van der Waals surface area (Å²) in [5.41, 5.74) is 11.2. The summed E-state index contributed by atoms with van der Waals surface area (Å²) in [6.07, 6.45) is 3.22. The first-order chi connectivity index (χ1) is 21.6. The van der Waals surface area contributed by atoms with E-state index in [4.69, 9.17) is 25.6 Å². The van der Waals surface area contributed by atoms with Gasteiger partial charge < -0.3 is 31.5 Å². The molecule has 2 unspecified atom stereocenters. The van der Waals surface area contributed by atoms with E-state index in [-0.39, 0.29) is 16.6 Å². The van der Waals surface area contributed by atoms with Gasteiger partial charge in [0.25, 0.3) is 11.8 Å². The first-order valence-electron chi connectivity index (χ1n) is 13.6. The number of hydroxylamine groups is 2. The molecule has 0 spiro atoms. The molecule has 1 aromatic carbocycles. The molecule has 46 heavy (non-hydrogen) atoms. The minimum absolute atomic E-state index is 0.0377. The molecule has 248 valence electrons. The van der Waals surface area contributed by atoms with Crippen LogP contribution < -0.4 is 26.2 Å². The second kappa shape index (κ2) is 13.8. The molecular weight excluding hydrogens is 648 g/mol. The van der Waals surface area contributed by atoms with Crippen molar-refractivity contribution >= 4 is 50.4 Å². The van der Waals surface area contributed by atoms with Crippen molar-refractivity contribution in [3.8, 4) is 16.9 Å². The van der Waals surface area contributed by atoms with Gasteiger partial charge in [-0.3, -0.25) is 14.1 Å². The first-order valence-corrected chi connectivity index (χ1v) is 15.8. The number of aromatic nitrogens is 3. The second-order valence-corrected chi connectivity index (χ2v) is 12.5. The number of benzene rings is 1. The van der Waals surface area contributed by atoms with Crippen molar-refractivity contribution < 1.29 is 51.0 Å². The van der Waals surface area contributed by atoms with Gasteiger partial charge in [-0.1, -0.05) is 17.3 Å². The lowest BCUT2D eigenvalue weighted by Crippen LogP contribution is -2.76. The number of nitrogens with one attached hydrogen (secondary N) is 1. The molecule has 0 bridgehead atoms. The number of β-lactam (4-membered cyclic amide) rings is 1. The molecule has 2 aromatic heterocycles. The summed E-state index contributed by atoms with van der Waals surface area (Å²) < 4.78 is 44.9. The van der Waals surface area contributed by atoms with Crippen molar-refractivity contribution in [1.82, 2.24) is 20.0 Å². The Balaban J connectivity index is 1.44. The van der Waals surface area contributed by atoms with Crippen LogP contribution in [-0.2, 0) is 47.5 Å². The molecule has 1 saturated heterocycles. The first kappa shape index (κ1) is 34.2. The zero-order chi connectivity index (χ0) is 33.8. The fourth-order valence-electron chi connectivity index (χ4n) is 4.42. The Labute approximate surface area is 267 Å². The molecule has 0 aliphatic carbocycles. The fourth-order valence-corrected chi connectivity index (χ4v) is 5.42. The molecular formula is C26H33N8O10S2+. The third kappa shape index (κ3) is 7.95. The number of rotatable bonds is 15. The number of carboxylic acid groups (broad SMARTS) is 1. The van der Waals surface area contributed by atoms with Crippen LogP contribution in [0, 0.1) is 0 Å². The van der Waals surface area contributed by atoms with Crippen LogP contribution in [-0.4, -0.2) is 87.1 Å². The van der Waals surface area contributed by atoms with Crippen molar-refractivity contribution in [2.24, 2.45) is 17.9 Å². The Kier molecular flexibility index (Phi) is 10.3. The van der Waals surface area contributed by atoms with E-state index in [9.17, 15) is 27.9 Å². The van der Waals surface area contributed by atoms with Crippen molar-refractivity contribution in [3.63, 3.8) is 0 Å². The highest BCUT2D eigenvalue weighted by molar-refractivity contribution is 7.80. The van der Waals surface area contributed by atoms with E-state index in [1.54, 1.807) is 24.3 Å². The van der Waals surface area contributed by atoms with E-state index < -0.39 is 58.2 Å². The Morgan fingerprint density at radius 2 is 1.96 bits per heavy atom. The molecule has 1 aliphatic heterocycles. The van der Waals surface area contributed by atoms with Crippen molar-refractivity contribution in [2.75, 3.05) is 18.9 Å². The van der Waals surface area contributed by atoms with E-state index in [1.165, 1.54) is 19.2 Å². The van der Waals surface area contributed by atoms with Crippen LogP contribution in [0.25, 0.3) is 11.1 Å². The molecule has 7 N–H and O–H groups in total. The summed E-state index contributed by atoms with van der Waals surface area (Å²) in [4.78, 5) is 46.8. The van der Waals surface area contributed by atoms with Gasteiger partial charge in [0.1, 0.15) is 17.5 Å². The highest BCUT2D eigenvalue weighted by Crippen LogP contribution is 2.33. The number of carboxylic acids is 1. The maximum atomic E-state index is 13.2. The maximum Gasteiger partial charge on any atom is 0.418 e. The number of nitrogens with two attached hydrogens (primary N) is 2. The second-order valence-electron chi connectivity index (χ2n) is 10.6. The topological polar surface area (TPSA) is 255 Å². The lowest BCUT2D eigenvalue weighted by molar-refractivity contribution is -0.753. The van der Waals surface area contributed by atoms with Crippen molar-refractivity contribution in [3.05, 3.63) is 47.7 Å². The highest BCUT2D eigenvalue weighted by atomic mass is 32.3. The molecule has 1 aliphatic rings. The molecule has 0 radical (unpaired) electrons. The fraction of sp³-hybridized carbons (Fsp3) is 0.385. The minimum Gasteiger partial charge on any atom is -0.478 e. The van der Waals surface area contributed by atoms with Gasteiger partial charge in [-0.2, -0.15) is 18.2 Å². The Bertz CT molecular complexity index is 1740. The predicted octanol–water partition coefficient (Wildman–Crippen LogP) is -0.540. The van der Waals surface area contributed by atoms with Crippen LogP contribution in [0.1, 0.15) is 26.0 Å². The number of hydrogen-bond acceptors (Lipinski definition) is 13. The van der Waals surface area contributed by atoms with E-state index >= 15 is 0 Å². The van der Waals surface area contributed by atoms with Gasteiger partial charge >= 0.3 is 16.4 Å². The summed E-state index contributed by atoms with van der Waals surface area (Å²) >= 11 is 0.981. The number of ether oxygens (including phenoxy) is 1. The van der Waals surface area contributed by atoms with Crippen molar-refractivity contribution in [2.45, 2.75) is 44.5 Å². The molecule has 0 saturated carbocycles. The van der Waals surface area contributed by atoms with E-state index in [0.29, 0.717) is 11.6 Å². The number of aryl methyl sites for hydroxylation is 2. The van der Waals surface area contributed by atoms with Crippen LogP contribution in [0.5, 0.6) is 5.75 Å². The lowest BCUT2D eigenvalue weighted by Gasteiger charge is -2.50. The molecule has 18 nitrogen and oxygen atoms in total. The molecule has 4 rings (SSSR count). The molecule has 1 fully saturated rings. The molecule has 3 heterocycles. The summed E-state index contributed by atoms with van der Waals surface area (Å²) in [5.74, 6) is -3.08. The van der Waals surface area contributed by atoms with Gasteiger partial charge in [0.05, 0.1) is 23.8 Å². The number of thiazole rings is 1. The van der Waals surface area contributed by atoms with Crippen LogP contribution in [0.2, 0.25) is 0 Å². The van der Waals surface area contributed by atoms with Gasteiger partial charge in [0, 0.05) is 5.38 Å². The van der Waals surface area contributed by atoms with Crippen LogP contribution in [0.4, 0.5) is 5.13 Å². The monoisotopic (exact) mass is 681 g/mol. The number of carbonyl (C=O) groups is 3. The third-order valence-corrected chi connectivity index (χ3v) is 7.85. The zero-order valence-corrected chi connectivity index (χ0v) is 26.5. The average molecular weight is 682 g/mol. The minimum atomic E-state index is -5.00. The van der Waals surface area contributed by atoms with Gasteiger partial charge in [-0.15, -0.1) is 20.3 Å². The van der Waals surface area contributed by atoms with Crippen LogP contribution >= 0.6 is 11.3 Å². The third-order valence-electron chi connectivity index (χ3n) is 6.83. The summed E-state index contributed by atoms with van der Waals surface area (Å²) in [7, 11) is -3.09. The van der Waals surface area contributed by atoms with Gasteiger partial charge in [0.15, 0.2) is 24.5 Å². The molecule has 2 atom stereocenters. The number of amides is 2. The average Bonchev–Trinajstić information content (AvgIpc) is 3.59. The van der Waals surface area contributed by atoms with E-state index in [1.807, 2.05) is 28.8 Å². The smallest absolute Gasteiger partial charge is 0.418 e. The molecule has 3 aromatic rings. The Hall–Kier alpha value is -4.63. The Morgan fingerprint density at radius 3 is 2.52 bits per heavy atom. The number of oxime groups is 1. The molecule has 2 amide bonds. The quantitative estimate of drug-likeness (QED) is 0.0445.